The zero-order chi connectivity index (χ0) is 13.2. The van der Waals surface area contributed by atoms with Crippen LogP contribution in [0.5, 0.6) is 0 Å². The molecule has 2 aliphatic rings. The van der Waals surface area contributed by atoms with Crippen LogP contribution in [-0.4, -0.2) is 22.6 Å². The van der Waals surface area contributed by atoms with Gasteiger partial charge in [-0.2, -0.15) is 0 Å². The van der Waals surface area contributed by atoms with E-state index in [0.29, 0.717) is 18.9 Å². The summed E-state index contributed by atoms with van der Waals surface area (Å²) in [5.74, 6) is 0.971. The molecule has 0 aromatic carbocycles. The van der Waals surface area contributed by atoms with E-state index in [1.165, 1.54) is 32.1 Å². The number of nitrogens with zero attached hydrogens (tertiary/aromatic N) is 3. The van der Waals surface area contributed by atoms with Gasteiger partial charge in [-0.3, -0.25) is 9.69 Å². The molecule has 1 aromatic rings. The van der Waals surface area contributed by atoms with Crippen molar-refractivity contribution in [1.29, 1.82) is 0 Å². The molecule has 1 amide bonds. The van der Waals surface area contributed by atoms with Crippen LogP contribution in [0.1, 0.15) is 49.5 Å². The first-order chi connectivity index (χ1) is 9.28. The maximum absolute atomic E-state index is 11.9. The lowest BCUT2D eigenvalue weighted by molar-refractivity contribution is -0.117. The number of rotatable bonds is 3. The normalized spacial score (nSPS) is 24.9. The van der Waals surface area contributed by atoms with Crippen LogP contribution in [0.2, 0.25) is 0 Å². The number of aromatic nitrogens is 2. The summed E-state index contributed by atoms with van der Waals surface area (Å²) in [6.45, 7) is 4.48. The number of carbonyl (C=O) groups excluding carboxylic acids is 1. The van der Waals surface area contributed by atoms with E-state index in [0.717, 1.165) is 10.1 Å². The summed E-state index contributed by atoms with van der Waals surface area (Å²) in [6, 6.07) is 0. The van der Waals surface area contributed by atoms with E-state index < -0.39 is 0 Å². The number of carbonyl (C=O) groups is 1. The van der Waals surface area contributed by atoms with Crippen molar-refractivity contribution in [2.75, 3.05) is 11.4 Å². The van der Waals surface area contributed by atoms with Crippen LogP contribution < -0.4 is 4.90 Å². The van der Waals surface area contributed by atoms with Crippen LogP contribution >= 0.6 is 11.3 Å². The highest BCUT2D eigenvalue weighted by molar-refractivity contribution is 7.15. The van der Waals surface area contributed by atoms with Crippen molar-refractivity contribution in [3.8, 4) is 0 Å². The lowest BCUT2D eigenvalue weighted by Crippen LogP contribution is -2.24. The Morgan fingerprint density at radius 2 is 2.05 bits per heavy atom. The van der Waals surface area contributed by atoms with Gasteiger partial charge in [-0.1, -0.05) is 36.7 Å². The van der Waals surface area contributed by atoms with Crippen LogP contribution in [0.15, 0.2) is 12.7 Å². The predicted molar refractivity (Wildman–Crippen MR) is 76.4 cm³/mol. The molecule has 0 spiro atoms. The molecule has 4 nitrogen and oxygen atoms in total. The highest BCUT2D eigenvalue weighted by atomic mass is 32.1. The van der Waals surface area contributed by atoms with Gasteiger partial charge in [-0.15, -0.1) is 16.8 Å². The van der Waals surface area contributed by atoms with Gasteiger partial charge in [0.05, 0.1) is 0 Å². The Morgan fingerprint density at radius 1 is 1.26 bits per heavy atom. The summed E-state index contributed by atoms with van der Waals surface area (Å²) in [5.41, 5.74) is 0. The van der Waals surface area contributed by atoms with Crippen molar-refractivity contribution in [2.24, 2.45) is 5.92 Å². The third-order valence-corrected chi connectivity index (χ3v) is 5.21. The second-order valence-electron chi connectivity index (χ2n) is 5.46. The molecule has 1 unspecified atom stereocenters. The minimum absolute atomic E-state index is 0.149. The molecule has 19 heavy (non-hydrogen) atoms. The van der Waals surface area contributed by atoms with Crippen molar-refractivity contribution in [1.82, 2.24) is 10.2 Å². The number of amides is 1. The zero-order valence-electron chi connectivity index (χ0n) is 11.0. The Kier molecular flexibility index (Phi) is 3.64. The molecule has 0 N–H and O–H groups in total. The molecule has 1 atom stereocenters. The summed E-state index contributed by atoms with van der Waals surface area (Å²) >= 11 is 1.60. The van der Waals surface area contributed by atoms with E-state index in [2.05, 4.69) is 16.8 Å². The van der Waals surface area contributed by atoms with Crippen LogP contribution in [0.3, 0.4) is 0 Å². The quantitative estimate of drug-likeness (QED) is 0.797. The number of hydrogen-bond donors (Lipinski definition) is 0. The van der Waals surface area contributed by atoms with Crippen LogP contribution in [0, 0.1) is 5.92 Å². The van der Waals surface area contributed by atoms with E-state index in [1.54, 1.807) is 16.2 Å². The fourth-order valence-electron chi connectivity index (χ4n) is 2.93. The van der Waals surface area contributed by atoms with E-state index in [4.69, 9.17) is 0 Å². The largest absolute Gasteiger partial charge is 0.286 e. The second-order valence-corrected chi connectivity index (χ2v) is 6.45. The summed E-state index contributed by atoms with van der Waals surface area (Å²) in [4.78, 5) is 13.7. The molecule has 1 saturated carbocycles. The molecule has 0 bridgehead atoms. The highest BCUT2D eigenvalue weighted by Crippen LogP contribution is 2.37. The Labute approximate surface area is 117 Å². The standard InChI is InChI=1S/C14H19N3OS/c1-2-10-8-12(18)17(9-10)14-16-15-13(19-14)11-6-4-3-5-7-11/h2,10-11H,1,3-9H2. The minimum Gasteiger partial charge on any atom is -0.286 e. The van der Waals surface area contributed by atoms with Crippen LogP contribution in [-0.2, 0) is 4.79 Å². The molecular formula is C14H19N3OS. The van der Waals surface area contributed by atoms with Gasteiger partial charge in [0.1, 0.15) is 5.01 Å². The third-order valence-electron chi connectivity index (χ3n) is 4.10. The molecule has 1 aromatic heterocycles. The summed E-state index contributed by atoms with van der Waals surface area (Å²) in [7, 11) is 0. The van der Waals surface area contributed by atoms with Gasteiger partial charge in [0.2, 0.25) is 11.0 Å². The van der Waals surface area contributed by atoms with Crippen LogP contribution in [0.4, 0.5) is 5.13 Å². The van der Waals surface area contributed by atoms with E-state index >= 15 is 0 Å². The fourth-order valence-corrected chi connectivity index (χ4v) is 3.97. The van der Waals surface area contributed by atoms with Gasteiger partial charge >= 0.3 is 0 Å². The van der Waals surface area contributed by atoms with E-state index in [9.17, 15) is 4.79 Å². The van der Waals surface area contributed by atoms with Gasteiger partial charge in [-0.05, 0) is 12.8 Å². The average Bonchev–Trinajstić information content (AvgIpc) is 3.06. The maximum atomic E-state index is 11.9. The van der Waals surface area contributed by atoms with Crippen molar-refractivity contribution in [3.05, 3.63) is 17.7 Å². The predicted octanol–water partition coefficient (Wildman–Crippen LogP) is 3.12. The van der Waals surface area contributed by atoms with Gasteiger partial charge < -0.3 is 0 Å². The first-order valence-corrected chi connectivity index (χ1v) is 7.86. The van der Waals surface area contributed by atoms with Gasteiger partial charge in [0, 0.05) is 24.8 Å². The molecule has 2 heterocycles. The second kappa shape index (κ2) is 5.41. The summed E-state index contributed by atoms with van der Waals surface area (Å²) in [5, 5.41) is 10.4. The van der Waals surface area contributed by atoms with Gasteiger partial charge in [0.15, 0.2) is 0 Å². The van der Waals surface area contributed by atoms with Crippen LogP contribution in [0.25, 0.3) is 0 Å². The molecule has 1 aliphatic carbocycles. The molecule has 2 fully saturated rings. The third kappa shape index (κ3) is 2.56. The summed E-state index contributed by atoms with van der Waals surface area (Å²) in [6.07, 6.45) is 8.79. The van der Waals surface area contributed by atoms with Crippen molar-refractivity contribution in [2.45, 2.75) is 44.4 Å². The van der Waals surface area contributed by atoms with E-state index in [-0.39, 0.29) is 11.8 Å². The van der Waals surface area contributed by atoms with Crippen molar-refractivity contribution < 1.29 is 4.79 Å². The van der Waals surface area contributed by atoms with E-state index in [1.807, 2.05) is 6.08 Å². The molecule has 0 radical (unpaired) electrons. The van der Waals surface area contributed by atoms with Gasteiger partial charge in [0.25, 0.3) is 0 Å². The Hall–Kier alpha value is -1.23. The molecule has 3 rings (SSSR count). The minimum atomic E-state index is 0.149. The highest BCUT2D eigenvalue weighted by Gasteiger charge is 2.31. The monoisotopic (exact) mass is 277 g/mol. The lowest BCUT2D eigenvalue weighted by atomic mass is 9.90. The first-order valence-electron chi connectivity index (χ1n) is 7.04. The Bertz CT molecular complexity index is 479. The molecule has 102 valence electrons. The molecule has 1 saturated heterocycles. The van der Waals surface area contributed by atoms with Gasteiger partial charge in [-0.25, -0.2) is 0 Å². The van der Waals surface area contributed by atoms with Crippen molar-refractivity contribution in [3.63, 3.8) is 0 Å². The molecule has 5 heteroatoms. The topological polar surface area (TPSA) is 46.1 Å². The fraction of sp³-hybridized carbons (Fsp3) is 0.643. The number of anilines is 1. The van der Waals surface area contributed by atoms with Crippen molar-refractivity contribution >= 4 is 22.4 Å². The molecule has 1 aliphatic heterocycles. The first kappa shape index (κ1) is 12.8. The zero-order valence-corrected chi connectivity index (χ0v) is 11.9. The summed E-state index contributed by atoms with van der Waals surface area (Å²) < 4.78 is 0. The lowest BCUT2D eigenvalue weighted by Gasteiger charge is -2.18. The Morgan fingerprint density at radius 3 is 2.74 bits per heavy atom. The Balaban J connectivity index is 1.74. The number of hydrogen-bond acceptors (Lipinski definition) is 4. The average molecular weight is 277 g/mol. The smallest absolute Gasteiger partial charge is 0.229 e. The molecular weight excluding hydrogens is 258 g/mol. The SMILES string of the molecule is C=CC1CC(=O)N(c2nnc(C3CCCCC3)s2)C1. The maximum Gasteiger partial charge on any atom is 0.229 e.